The van der Waals surface area contributed by atoms with Gasteiger partial charge in [0.2, 0.25) is 0 Å². The summed E-state index contributed by atoms with van der Waals surface area (Å²) in [4.78, 5) is 2.54. The van der Waals surface area contributed by atoms with Crippen LogP contribution >= 0.6 is 0 Å². The minimum atomic E-state index is 0.792. The van der Waals surface area contributed by atoms with E-state index in [1.165, 1.54) is 32.2 Å². The summed E-state index contributed by atoms with van der Waals surface area (Å²) in [6, 6.07) is 0.792. The lowest BCUT2D eigenvalue weighted by Gasteiger charge is -2.29. The summed E-state index contributed by atoms with van der Waals surface area (Å²) in [5, 5.41) is 0. The average molecular weight is 185 g/mol. The lowest BCUT2D eigenvalue weighted by Crippen LogP contribution is -2.34. The molecule has 0 aliphatic rings. The molecule has 0 bridgehead atoms. The van der Waals surface area contributed by atoms with Crippen LogP contribution in [0.25, 0.3) is 0 Å². The zero-order chi connectivity index (χ0) is 10.3. The zero-order valence-corrected chi connectivity index (χ0v) is 10.1. The van der Waals surface area contributed by atoms with Crippen molar-refractivity contribution in [2.75, 3.05) is 13.6 Å². The van der Waals surface area contributed by atoms with Crippen molar-refractivity contribution in [1.82, 2.24) is 4.90 Å². The summed E-state index contributed by atoms with van der Waals surface area (Å²) in [5.74, 6) is 0.894. The topological polar surface area (TPSA) is 3.24 Å². The highest BCUT2D eigenvalue weighted by molar-refractivity contribution is 4.68. The van der Waals surface area contributed by atoms with Gasteiger partial charge in [-0.25, -0.2) is 0 Å². The maximum atomic E-state index is 2.54. The van der Waals surface area contributed by atoms with E-state index in [1.807, 2.05) is 0 Å². The molecular weight excluding hydrogens is 158 g/mol. The Kier molecular flexibility index (Phi) is 7.35. The molecular formula is C12H27N. The normalized spacial score (nSPS) is 12.0. The van der Waals surface area contributed by atoms with Gasteiger partial charge in [0.25, 0.3) is 0 Å². The van der Waals surface area contributed by atoms with Crippen molar-refractivity contribution >= 4 is 0 Å². The van der Waals surface area contributed by atoms with Gasteiger partial charge in [0, 0.05) is 12.6 Å². The lowest BCUT2D eigenvalue weighted by atomic mass is 10.0. The molecule has 0 unspecified atom stereocenters. The molecule has 1 heteroatoms. The van der Waals surface area contributed by atoms with E-state index in [0.29, 0.717) is 0 Å². The first-order valence-electron chi connectivity index (χ1n) is 5.89. The Morgan fingerprint density at radius 3 is 1.62 bits per heavy atom. The molecule has 80 valence electrons. The van der Waals surface area contributed by atoms with Crippen LogP contribution in [0.15, 0.2) is 0 Å². The fraction of sp³-hybridized carbons (Fsp3) is 1.00. The first-order chi connectivity index (χ1) is 6.19. The van der Waals surface area contributed by atoms with Gasteiger partial charge in [-0.05, 0) is 25.8 Å². The largest absolute Gasteiger partial charge is 0.303 e. The van der Waals surface area contributed by atoms with E-state index < -0.39 is 0 Å². The Bertz CT molecular complexity index is 104. The maximum Gasteiger partial charge on any atom is 0.00870 e. The number of nitrogens with zero attached hydrogens (tertiary/aromatic N) is 1. The van der Waals surface area contributed by atoms with Crippen molar-refractivity contribution in [2.45, 2.75) is 59.4 Å². The highest BCUT2D eigenvalue weighted by atomic mass is 15.1. The van der Waals surface area contributed by atoms with Gasteiger partial charge in [-0.2, -0.15) is 0 Å². The molecule has 0 aromatic carbocycles. The second-order valence-electron chi connectivity index (χ2n) is 4.09. The zero-order valence-electron chi connectivity index (χ0n) is 10.1. The molecule has 0 aromatic heterocycles. The Hall–Kier alpha value is -0.0400. The van der Waals surface area contributed by atoms with Gasteiger partial charge < -0.3 is 4.90 Å². The first-order valence-corrected chi connectivity index (χ1v) is 5.89. The number of rotatable bonds is 7. The molecule has 0 radical (unpaired) electrons. The minimum absolute atomic E-state index is 0.792. The highest BCUT2D eigenvalue weighted by Gasteiger charge is 2.13. The van der Waals surface area contributed by atoms with Crippen molar-refractivity contribution in [1.29, 1.82) is 0 Å². The van der Waals surface area contributed by atoms with Crippen LogP contribution in [0.3, 0.4) is 0 Å². The van der Waals surface area contributed by atoms with E-state index >= 15 is 0 Å². The van der Waals surface area contributed by atoms with Crippen molar-refractivity contribution in [3.05, 3.63) is 0 Å². The molecule has 0 saturated carbocycles. The molecule has 13 heavy (non-hydrogen) atoms. The third-order valence-corrected chi connectivity index (χ3v) is 3.27. The predicted octanol–water partition coefficient (Wildman–Crippen LogP) is 3.54. The summed E-state index contributed by atoms with van der Waals surface area (Å²) < 4.78 is 0. The summed E-state index contributed by atoms with van der Waals surface area (Å²) in [5.41, 5.74) is 0. The molecule has 1 nitrogen and oxygen atoms in total. The lowest BCUT2D eigenvalue weighted by molar-refractivity contribution is 0.191. The molecule has 0 saturated heterocycles. The van der Waals surface area contributed by atoms with E-state index in [-0.39, 0.29) is 0 Å². The molecule has 0 aliphatic heterocycles. The van der Waals surface area contributed by atoms with E-state index in [1.54, 1.807) is 0 Å². The summed E-state index contributed by atoms with van der Waals surface area (Å²) in [6.07, 6.45) is 5.21. The van der Waals surface area contributed by atoms with Crippen molar-refractivity contribution < 1.29 is 0 Å². The minimum Gasteiger partial charge on any atom is -0.303 e. The number of hydrogen-bond donors (Lipinski definition) is 0. The monoisotopic (exact) mass is 185 g/mol. The van der Waals surface area contributed by atoms with Crippen LogP contribution in [-0.4, -0.2) is 24.5 Å². The van der Waals surface area contributed by atoms with Gasteiger partial charge in [0.15, 0.2) is 0 Å². The van der Waals surface area contributed by atoms with Crippen LogP contribution in [0.4, 0.5) is 0 Å². The number of hydrogen-bond acceptors (Lipinski definition) is 1. The molecule has 0 fully saturated rings. The molecule has 0 heterocycles. The average Bonchev–Trinajstić information content (AvgIpc) is 2.16. The van der Waals surface area contributed by atoms with Gasteiger partial charge in [-0.15, -0.1) is 0 Å². The molecule has 0 aliphatic carbocycles. The molecule has 0 atom stereocenters. The fourth-order valence-electron chi connectivity index (χ4n) is 2.02. The van der Waals surface area contributed by atoms with E-state index in [0.717, 1.165) is 12.0 Å². The highest BCUT2D eigenvalue weighted by Crippen LogP contribution is 2.13. The predicted molar refractivity (Wildman–Crippen MR) is 61.1 cm³/mol. The summed E-state index contributed by atoms with van der Waals surface area (Å²) in [6.45, 7) is 10.5. The molecule has 0 rings (SSSR count). The van der Waals surface area contributed by atoms with Gasteiger partial charge in [0.05, 0.1) is 0 Å². The Labute approximate surface area is 84.5 Å². The van der Waals surface area contributed by atoms with E-state index in [2.05, 4.69) is 39.6 Å². The van der Waals surface area contributed by atoms with Gasteiger partial charge in [-0.3, -0.25) is 0 Å². The Morgan fingerprint density at radius 1 is 0.846 bits per heavy atom. The molecule has 0 spiro atoms. The summed E-state index contributed by atoms with van der Waals surface area (Å²) >= 11 is 0. The van der Waals surface area contributed by atoms with Crippen LogP contribution in [0.2, 0.25) is 0 Å². The van der Waals surface area contributed by atoms with Crippen LogP contribution in [0.1, 0.15) is 53.4 Å². The smallest absolute Gasteiger partial charge is 0.00870 e. The van der Waals surface area contributed by atoms with Crippen LogP contribution in [-0.2, 0) is 0 Å². The first kappa shape index (κ1) is 13.0. The molecule has 0 N–H and O–H groups in total. The Morgan fingerprint density at radius 2 is 1.31 bits per heavy atom. The molecule has 0 aromatic rings. The van der Waals surface area contributed by atoms with Crippen LogP contribution in [0, 0.1) is 5.92 Å². The SMILES string of the molecule is CCC(CC)CN(C)C(CC)CC. The van der Waals surface area contributed by atoms with Gasteiger partial charge >= 0.3 is 0 Å². The third kappa shape index (κ3) is 4.66. The van der Waals surface area contributed by atoms with Gasteiger partial charge in [-0.1, -0.05) is 40.5 Å². The van der Waals surface area contributed by atoms with Crippen LogP contribution < -0.4 is 0 Å². The van der Waals surface area contributed by atoms with Crippen LogP contribution in [0.5, 0.6) is 0 Å². The third-order valence-electron chi connectivity index (χ3n) is 3.27. The van der Waals surface area contributed by atoms with Crippen molar-refractivity contribution in [2.24, 2.45) is 5.92 Å². The summed E-state index contributed by atoms with van der Waals surface area (Å²) in [7, 11) is 2.27. The van der Waals surface area contributed by atoms with E-state index in [9.17, 15) is 0 Å². The second-order valence-corrected chi connectivity index (χ2v) is 4.09. The van der Waals surface area contributed by atoms with Crippen molar-refractivity contribution in [3.8, 4) is 0 Å². The van der Waals surface area contributed by atoms with Gasteiger partial charge in [0.1, 0.15) is 0 Å². The van der Waals surface area contributed by atoms with E-state index in [4.69, 9.17) is 0 Å². The fourth-order valence-corrected chi connectivity index (χ4v) is 2.02. The molecule has 0 amide bonds. The van der Waals surface area contributed by atoms with Crippen molar-refractivity contribution in [3.63, 3.8) is 0 Å². The maximum absolute atomic E-state index is 2.54. The standard InChI is InChI=1S/C12H27N/c1-6-11(7-2)10-13(5)12(8-3)9-4/h11-12H,6-10H2,1-5H3. The quantitative estimate of drug-likeness (QED) is 0.586. The second kappa shape index (κ2) is 7.37. The Balaban J connectivity index is 3.87.